The number of nitrogens with zero attached hydrogens (tertiary/aromatic N) is 3. The minimum Gasteiger partial charge on any atom is -0.443 e. The number of benzene rings is 2. The van der Waals surface area contributed by atoms with Crippen LogP contribution in [0.15, 0.2) is 54.6 Å². The van der Waals surface area contributed by atoms with E-state index in [1.807, 2.05) is 0 Å². The fraction of sp³-hybridized carbons (Fsp3) is 0.433. The highest BCUT2D eigenvalue weighted by molar-refractivity contribution is 6.00. The van der Waals surface area contributed by atoms with Gasteiger partial charge in [-0.15, -0.1) is 0 Å². The number of nitro benzene ring substituents is 1. The number of rotatable bonds is 4. The maximum absolute atomic E-state index is 13.9. The third-order valence-electron chi connectivity index (χ3n) is 5.40. The van der Waals surface area contributed by atoms with Gasteiger partial charge in [-0.05, 0) is 67.9 Å². The molecule has 2 aromatic rings. The van der Waals surface area contributed by atoms with Crippen molar-refractivity contribution in [2.75, 3.05) is 0 Å². The molecule has 0 radical (unpaired) electrons. The summed E-state index contributed by atoms with van der Waals surface area (Å²) in [5.74, 6) is 0. The van der Waals surface area contributed by atoms with Gasteiger partial charge in [0, 0.05) is 17.7 Å². The average molecular weight is 583 g/mol. The Morgan fingerprint density at radius 2 is 1.29 bits per heavy atom. The van der Waals surface area contributed by atoms with E-state index >= 15 is 0 Å². The molecule has 0 aromatic heterocycles. The molecule has 0 spiro atoms. The summed E-state index contributed by atoms with van der Waals surface area (Å²) in [6.07, 6.45) is -4.63. The number of amides is 3. The number of carbonyl (C=O) groups excluding carboxylic acids is 3. The Kier molecular flexibility index (Phi) is 8.90. The second kappa shape index (κ2) is 11.7. The highest BCUT2D eigenvalue weighted by Gasteiger charge is 2.48. The molecule has 1 aliphatic heterocycles. The second-order valence-electron chi connectivity index (χ2n) is 12.6. The van der Waals surface area contributed by atoms with Crippen molar-refractivity contribution < 1.29 is 33.5 Å². The van der Waals surface area contributed by atoms with E-state index in [2.05, 4.69) is 5.32 Å². The Bertz CT molecular complexity index is 1360. The summed E-state index contributed by atoms with van der Waals surface area (Å²) in [5.41, 5.74) is -1.94. The van der Waals surface area contributed by atoms with Crippen LogP contribution in [0.5, 0.6) is 0 Å². The lowest BCUT2D eigenvalue weighted by molar-refractivity contribution is -0.384. The third-order valence-corrected chi connectivity index (χ3v) is 5.40. The van der Waals surface area contributed by atoms with Gasteiger partial charge in [-0.25, -0.2) is 19.3 Å². The van der Waals surface area contributed by atoms with E-state index in [4.69, 9.17) is 14.2 Å². The first-order valence-electron chi connectivity index (χ1n) is 13.4. The molecule has 226 valence electrons. The van der Waals surface area contributed by atoms with Gasteiger partial charge < -0.3 is 19.5 Å². The molecule has 1 atom stereocenters. The third kappa shape index (κ3) is 7.99. The van der Waals surface area contributed by atoms with Gasteiger partial charge in [-0.3, -0.25) is 10.1 Å². The molecular formula is C30H38N4O8. The lowest BCUT2D eigenvalue weighted by atomic mass is 10.0. The van der Waals surface area contributed by atoms with E-state index in [0.29, 0.717) is 16.2 Å². The van der Waals surface area contributed by atoms with Crippen LogP contribution >= 0.6 is 0 Å². The van der Waals surface area contributed by atoms with Crippen LogP contribution in [0.3, 0.4) is 0 Å². The molecule has 1 heterocycles. The van der Waals surface area contributed by atoms with E-state index in [1.54, 1.807) is 98.7 Å². The summed E-state index contributed by atoms with van der Waals surface area (Å²) in [4.78, 5) is 54.1. The Hall–Kier alpha value is -4.61. The maximum atomic E-state index is 13.9. The molecule has 42 heavy (non-hydrogen) atoms. The number of hydrogen-bond donors (Lipinski definition) is 1. The Morgan fingerprint density at radius 1 is 0.786 bits per heavy atom. The molecule has 12 heteroatoms. The molecule has 12 nitrogen and oxygen atoms in total. The van der Waals surface area contributed by atoms with Crippen molar-refractivity contribution in [1.82, 2.24) is 15.1 Å². The second-order valence-corrected chi connectivity index (χ2v) is 12.6. The van der Waals surface area contributed by atoms with E-state index in [1.165, 1.54) is 18.2 Å². The molecule has 0 saturated heterocycles. The first-order valence-corrected chi connectivity index (χ1v) is 13.4. The van der Waals surface area contributed by atoms with Crippen molar-refractivity contribution in [3.63, 3.8) is 0 Å². The van der Waals surface area contributed by atoms with Gasteiger partial charge in [0.2, 0.25) is 6.29 Å². The molecule has 3 amide bonds. The minimum absolute atomic E-state index is 0.140. The van der Waals surface area contributed by atoms with Crippen LogP contribution in [0.1, 0.15) is 73.4 Å². The molecule has 1 unspecified atom stereocenters. The van der Waals surface area contributed by atoms with Crippen LogP contribution in [0.4, 0.5) is 20.1 Å². The Balaban J connectivity index is 2.33. The highest BCUT2D eigenvalue weighted by atomic mass is 16.6. The van der Waals surface area contributed by atoms with Crippen LogP contribution < -0.4 is 5.32 Å². The van der Waals surface area contributed by atoms with Crippen LogP contribution in [0.2, 0.25) is 0 Å². The summed E-state index contributed by atoms with van der Waals surface area (Å²) >= 11 is 0. The van der Waals surface area contributed by atoms with Crippen molar-refractivity contribution >= 4 is 35.4 Å². The Labute approximate surface area is 245 Å². The largest absolute Gasteiger partial charge is 0.443 e. The first-order chi connectivity index (χ1) is 19.3. The fourth-order valence-corrected chi connectivity index (χ4v) is 3.96. The van der Waals surface area contributed by atoms with Crippen LogP contribution in [0.25, 0.3) is 11.4 Å². The van der Waals surface area contributed by atoms with E-state index in [0.717, 1.165) is 4.90 Å². The van der Waals surface area contributed by atoms with Crippen LogP contribution in [0, 0.1) is 10.1 Å². The molecule has 1 N–H and O–H groups in total. The predicted octanol–water partition coefficient (Wildman–Crippen LogP) is 6.72. The van der Waals surface area contributed by atoms with Gasteiger partial charge in [0.1, 0.15) is 16.8 Å². The van der Waals surface area contributed by atoms with Crippen LogP contribution in [-0.4, -0.2) is 56.1 Å². The van der Waals surface area contributed by atoms with Gasteiger partial charge in [0.05, 0.1) is 16.3 Å². The summed E-state index contributed by atoms with van der Waals surface area (Å²) in [5, 5.41) is 14.8. The number of nitro groups is 1. The van der Waals surface area contributed by atoms with Gasteiger partial charge in [0.15, 0.2) is 0 Å². The van der Waals surface area contributed by atoms with Crippen molar-refractivity contribution in [1.29, 1.82) is 0 Å². The summed E-state index contributed by atoms with van der Waals surface area (Å²) in [6, 6.07) is 14.5. The van der Waals surface area contributed by atoms with Crippen LogP contribution in [-0.2, 0) is 14.2 Å². The molecule has 0 bridgehead atoms. The van der Waals surface area contributed by atoms with Crippen molar-refractivity contribution in [3.05, 3.63) is 75.8 Å². The standard InChI is InChI=1S/C30H38N4O8/c1-28(2,3)40-25(35)32-23(20-16-13-17-21(18-20)34(38)39)22(19-14-11-10-12-15-19)31-24(32)33(26(36)41-29(4,5)6)27(37)42-30(7,8)9/h10-18,24,31H,1-9H3. The molecule has 3 rings (SSSR count). The molecule has 1 aliphatic rings. The zero-order valence-electron chi connectivity index (χ0n) is 25.4. The van der Waals surface area contributed by atoms with E-state index in [9.17, 15) is 24.5 Å². The van der Waals surface area contributed by atoms with Gasteiger partial charge in [-0.1, -0.05) is 42.5 Å². The van der Waals surface area contributed by atoms with Gasteiger partial charge in [0.25, 0.3) is 5.69 Å². The SMILES string of the molecule is CC(C)(C)OC(=O)N(C(=O)OC(C)(C)C)C1NC(c2ccccc2)=C(c2cccc([N+](=O)[O-])c2)N1C(=O)OC(C)(C)C. The van der Waals surface area contributed by atoms with E-state index in [-0.39, 0.29) is 16.9 Å². The number of carbonyl (C=O) groups is 3. The van der Waals surface area contributed by atoms with Crippen molar-refractivity contribution in [2.45, 2.75) is 85.4 Å². The molecule has 2 aromatic carbocycles. The zero-order valence-corrected chi connectivity index (χ0v) is 25.4. The van der Waals surface area contributed by atoms with Crippen molar-refractivity contribution in [3.8, 4) is 0 Å². The van der Waals surface area contributed by atoms with Gasteiger partial charge >= 0.3 is 18.3 Å². The monoisotopic (exact) mass is 582 g/mol. The quantitative estimate of drug-likeness (QED) is 0.236. The first kappa shape index (κ1) is 31.9. The lowest BCUT2D eigenvalue weighted by Crippen LogP contribution is -2.59. The summed E-state index contributed by atoms with van der Waals surface area (Å²) < 4.78 is 16.9. The predicted molar refractivity (Wildman–Crippen MR) is 156 cm³/mol. The fourth-order valence-electron chi connectivity index (χ4n) is 3.96. The molecule has 0 aliphatic carbocycles. The highest BCUT2D eigenvalue weighted by Crippen LogP contribution is 2.38. The average Bonchev–Trinajstić information content (AvgIpc) is 3.21. The van der Waals surface area contributed by atoms with Crippen molar-refractivity contribution in [2.24, 2.45) is 0 Å². The topological polar surface area (TPSA) is 141 Å². The number of non-ortho nitro benzene ring substituents is 1. The lowest BCUT2D eigenvalue weighted by Gasteiger charge is -2.36. The molecule has 0 saturated carbocycles. The number of ether oxygens (including phenoxy) is 3. The zero-order chi connectivity index (χ0) is 31.6. The normalized spacial score (nSPS) is 15.5. The smallest absolute Gasteiger partial charge is 0.423 e. The molecular weight excluding hydrogens is 544 g/mol. The minimum atomic E-state index is -1.53. The Morgan fingerprint density at radius 3 is 1.76 bits per heavy atom. The number of nitrogens with one attached hydrogen (secondary N) is 1. The van der Waals surface area contributed by atoms with E-state index < -0.39 is 46.3 Å². The summed E-state index contributed by atoms with van der Waals surface area (Å²) in [7, 11) is 0. The number of hydrogen-bond acceptors (Lipinski definition) is 9. The van der Waals surface area contributed by atoms with Gasteiger partial charge in [-0.2, -0.15) is 4.90 Å². The number of imide groups is 1. The summed E-state index contributed by atoms with van der Waals surface area (Å²) in [6.45, 7) is 14.8. The maximum Gasteiger partial charge on any atom is 0.423 e. The molecule has 0 fully saturated rings.